The van der Waals surface area contributed by atoms with Crippen molar-refractivity contribution in [1.82, 2.24) is 5.32 Å². The van der Waals surface area contributed by atoms with Gasteiger partial charge in [0.25, 0.3) is 0 Å². The molecule has 4 rings (SSSR count). The number of rotatable bonds is 22. The molecule has 0 saturated heterocycles. The van der Waals surface area contributed by atoms with Crippen LogP contribution in [0.1, 0.15) is 36.1 Å². The van der Waals surface area contributed by atoms with Crippen molar-refractivity contribution in [3.8, 4) is 0 Å². The fourth-order valence-corrected chi connectivity index (χ4v) is 6.96. The van der Waals surface area contributed by atoms with Gasteiger partial charge in [-0.2, -0.15) is 8.78 Å². The van der Waals surface area contributed by atoms with Crippen LogP contribution in [0.3, 0.4) is 0 Å². The van der Waals surface area contributed by atoms with Crippen LogP contribution in [-0.4, -0.2) is 54.9 Å². The highest BCUT2D eigenvalue weighted by Gasteiger charge is 2.62. The Morgan fingerprint density at radius 1 is 0.653 bits per heavy atom. The molecule has 264 valence electrons. The summed E-state index contributed by atoms with van der Waals surface area (Å²) < 4.78 is 77.0. The Balaban J connectivity index is 1.76. The molecule has 4 aromatic rings. The fraction of sp³-hybridized carbons (Fsp3) is 0.368. The number of alkyl halides is 2. The second kappa shape index (κ2) is 19.8. The molecule has 0 spiro atoms. The molecule has 0 bridgehead atoms. The number of aliphatic hydroxyl groups excluding tert-OH is 1. The molecular weight excluding hydrogens is 651 g/mol. The summed E-state index contributed by atoms with van der Waals surface area (Å²) in [6.07, 6.45) is -4.42. The molecule has 0 aliphatic rings. The fourth-order valence-electron chi connectivity index (χ4n) is 5.29. The SMILES string of the molecule is CCOP(=O)(OCC)C(F)(F)[C@@H](NCc1ccccc1)[C@H](OCc1ccccc1)[C@H](OCc1ccccc1)[C@H](O)COCc1ccccc1. The summed E-state index contributed by atoms with van der Waals surface area (Å²) in [6, 6.07) is 34.5. The van der Waals surface area contributed by atoms with Crippen molar-refractivity contribution in [1.29, 1.82) is 0 Å². The second-order valence-corrected chi connectivity index (χ2v) is 13.5. The van der Waals surface area contributed by atoms with Gasteiger partial charge in [0.2, 0.25) is 0 Å². The first kappa shape index (κ1) is 38.5. The van der Waals surface area contributed by atoms with Crippen LogP contribution in [0.15, 0.2) is 121 Å². The zero-order valence-corrected chi connectivity index (χ0v) is 28.8. The Hall–Kier alpha value is -3.31. The number of aliphatic hydroxyl groups is 1. The number of hydrogen-bond acceptors (Lipinski definition) is 8. The minimum absolute atomic E-state index is 0.0298. The summed E-state index contributed by atoms with van der Waals surface area (Å²) in [4.78, 5) is 0. The third-order valence-corrected chi connectivity index (χ3v) is 9.91. The lowest BCUT2D eigenvalue weighted by molar-refractivity contribution is -0.175. The van der Waals surface area contributed by atoms with Gasteiger partial charge in [0, 0.05) is 6.54 Å². The summed E-state index contributed by atoms with van der Waals surface area (Å²) in [5.41, 5.74) is -1.12. The van der Waals surface area contributed by atoms with Gasteiger partial charge in [-0.15, -0.1) is 0 Å². The van der Waals surface area contributed by atoms with E-state index in [1.54, 1.807) is 36.4 Å². The normalized spacial score (nSPS) is 14.6. The lowest BCUT2D eigenvalue weighted by Gasteiger charge is -2.41. The van der Waals surface area contributed by atoms with Gasteiger partial charge in [-0.1, -0.05) is 121 Å². The third kappa shape index (κ3) is 11.4. The Bertz CT molecular complexity index is 1510. The number of hydrogen-bond donors (Lipinski definition) is 2. The van der Waals surface area contributed by atoms with Gasteiger partial charge in [0.15, 0.2) is 0 Å². The molecule has 0 aromatic heterocycles. The lowest BCUT2D eigenvalue weighted by atomic mass is 9.99. The number of benzene rings is 4. The lowest BCUT2D eigenvalue weighted by Crippen LogP contribution is -2.60. The minimum Gasteiger partial charge on any atom is -0.388 e. The van der Waals surface area contributed by atoms with Crippen molar-refractivity contribution in [2.75, 3.05) is 19.8 Å². The molecule has 0 aliphatic carbocycles. The second-order valence-electron chi connectivity index (χ2n) is 11.4. The van der Waals surface area contributed by atoms with E-state index in [-0.39, 0.29) is 46.2 Å². The van der Waals surface area contributed by atoms with Crippen molar-refractivity contribution in [3.63, 3.8) is 0 Å². The highest BCUT2D eigenvalue weighted by Crippen LogP contribution is 2.64. The van der Waals surface area contributed by atoms with Crippen LogP contribution in [0.25, 0.3) is 0 Å². The topological polar surface area (TPSA) is 95.5 Å². The maximum atomic E-state index is 17.0. The van der Waals surface area contributed by atoms with E-state index in [0.29, 0.717) is 11.1 Å². The molecular formula is C38H46F2NO7P. The van der Waals surface area contributed by atoms with Crippen LogP contribution in [0.2, 0.25) is 0 Å². The Labute approximate surface area is 287 Å². The summed E-state index contributed by atoms with van der Waals surface area (Å²) in [5.74, 6) is 0. The van der Waals surface area contributed by atoms with Crippen LogP contribution in [0, 0.1) is 0 Å². The van der Waals surface area contributed by atoms with E-state index in [2.05, 4.69) is 5.32 Å². The summed E-state index contributed by atoms with van der Waals surface area (Å²) in [5, 5.41) is 14.6. The van der Waals surface area contributed by atoms with Gasteiger partial charge >= 0.3 is 13.3 Å². The zero-order chi connectivity index (χ0) is 35.0. The van der Waals surface area contributed by atoms with E-state index in [1.807, 2.05) is 84.9 Å². The minimum atomic E-state index is -5.10. The summed E-state index contributed by atoms with van der Waals surface area (Å²) in [7, 11) is -5.10. The van der Waals surface area contributed by atoms with Gasteiger partial charge in [-0.25, -0.2) is 0 Å². The average molecular weight is 698 g/mol. The van der Waals surface area contributed by atoms with Crippen molar-refractivity contribution in [3.05, 3.63) is 144 Å². The highest BCUT2D eigenvalue weighted by atomic mass is 31.2. The average Bonchev–Trinajstić information content (AvgIpc) is 3.12. The third-order valence-electron chi connectivity index (χ3n) is 7.71. The zero-order valence-electron chi connectivity index (χ0n) is 27.9. The van der Waals surface area contributed by atoms with E-state index < -0.39 is 37.6 Å². The molecule has 0 heterocycles. The molecule has 0 amide bonds. The maximum absolute atomic E-state index is 17.0. The highest BCUT2D eigenvalue weighted by molar-refractivity contribution is 7.55. The maximum Gasteiger partial charge on any atom is 0.401 e. The first-order valence-electron chi connectivity index (χ1n) is 16.4. The molecule has 4 atom stereocenters. The smallest absolute Gasteiger partial charge is 0.388 e. The standard InChI is InChI=1S/C38H46F2NO7P/c1-3-47-49(43,48-4-2)38(39,40)37(41-25-30-17-9-5-10-18-30)36(46-28-33-23-15-8-16-24-33)35(45-27-32-21-13-7-14-22-32)34(42)29-44-26-31-19-11-6-12-20-31/h5-24,34-37,41-42H,3-4,25-29H2,1-2H3/t34-,35-,36-,37+/m1/s1. The molecule has 2 N–H and O–H groups in total. The van der Waals surface area contributed by atoms with Crippen molar-refractivity contribution in [2.45, 2.75) is 70.2 Å². The van der Waals surface area contributed by atoms with Crippen molar-refractivity contribution < 1.29 is 41.7 Å². The van der Waals surface area contributed by atoms with E-state index >= 15 is 8.78 Å². The van der Waals surface area contributed by atoms with Crippen LogP contribution in [0.5, 0.6) is 0 Å². The molecule has 0 fully saturated rings. The predicted molar refractivity (Wildman–Crippen MR) is 185 cm³/mol. The number of halogens is 2. The van der Waals surface area contributed by atoms with E-state index in [0.717, 1.165) is 11.1 Å². The monoisotopic (exact) mass is 697 g/mol. The number of ether oxygens (including phenoxy) is 3. The summed E-state index contributed by atoms with van der Waals surface area (Å²) >= 11 is 0. The van der Waals surface area contributed by atoms with Gasteiger partial charge in [0.1, 0.15) is 24.4 Å². The molecule has 0 unspecified atom stereocenters. The van der Waals surface area contributed by atoms with Crippen molar-refractivity contribution >= 4 is 7.60 Å². The van der Waals surface area contributed by atoms with E-state index in [4.69, 9.17) is 23.3 Å². The Morgan fingerprint density at radius 3 is 1.51 bits per heavy atom. The largest absolute Gasteiger partial charge is 0.401 e. The first-order chi connectivity index (χ1) is 23.8. The van der Waals surface area contributed by atoms with Gasteiger partial charge in [0.05, 0.1) is 39.6 Å². The van der Waals surface area contributed by atoms with Crippen LogP contribution >= 0.6 is 7.60 Å². The van der Waals surface area contributed by atoms with Gasteiger partial charge in [-0.3, -0.25) is 4.57 Å². The van der Waals surface area contributed by atoms with E-state index in [9.17, 15) is 9.67 Å². The predicted octanol–water partition coefficient (Wildman–Crippen LogP) is 7.75. The molecule has 49 heavy (non-hydrogen) atoms. The first-order valence-corrected chi connectivity index (χ1v) is 18.0. The molecule has 4 aromatic carbocycles. The van der Waals surface area contributed by atoms with Crippen molar-refractivity contribution in [2.24, 2.45) is 0 Å². The van der Waals surface area contributed by atoms with Crippen LogP contribution in [-0.2, 0) is 54.2 Å². The number of nitrogens with one attached hydrogen (secondary N) is 1. The molecule has 11 heteroatoms. The molecule has 0 aliphatic heterocycles. The Kier molecular flexibility index (Phi) is 15.5. The van der Waals surface area contributed by atoms with Crippen LogP contribution in [0.4, 0.5) is 8.78 Å². The Morgan fingerprint density at radius 2 is 1.06 bits per heavy atom. The van der Waals surface area contributed by atoms with Crippen LogP contribution < -0.4 is 5.32 Å². The van der Waals surface area contributed by atoms with E-state index in [1.165, 1.54) is 13.8 Å². The van der Waals surface area contributed by atoms with Gasteiger partial charge in [-0.05, 0) is 36.1 Å². The molecule has 8 nitrogen and oxygen atoms in total. The molecule has 0 radical (unpaired) electrons. The molecule has 0 saturated carbocycles. The van der Waals surface area contributed by atoms with Gasteiger partial charge < -0.3 is 33.7 Å². The summed E-state index contributed by atoms with van der Waals surface area (Å²) in [6.45, 7) is 2.11. The quantitative estimate of drug-likeness (QED) is 0.0806.